The number of hydrogen-bond acceptors (Lipinski definition) is 4. The van der Waals surface area contributed by atoms with E-state index in [1.165, 1.54) is 4.90 Å². The molecule has 2 aromatic rings. The van der Waals surface area contributed by atoms with Crippen LogP contribution in [-0.4, -0.2) is 42.0 Å². The van der Waals surface area contributed by atoms with Crippen molar-refractivity contribution in [3.63, 3.8) is 0 Å². The summed E-state index contributed by atoms with van der Waals surface area (Å²) >= 11 is 0. The highest BCUT2D eigenvalue weighted by atomic mass is 16.5. The lowest BCUT2D eigenvalue weighted by molar-refractivity contribution is -0.143. The number of nitrogens with one attached hydrogen (secondary N) is 1. The van der Waals surface area contributed by atoms with Crippen molar-refractivity contribution in [2.24, 2.45) is 0 Å². The number of esters is 1. The van der Waals surface area contributed by atoms with Crippen molar-refractivity contribution in [3.8, 4) is 0 Å². The van der Waals surface area contributed by atoms with E-state index in [4.69, 9.17) is 10.5 Å². The topological polar surface area (TPSA) is 88.4 Å². The zero-order chi connectivity index (χ0) is 14.7. The maximum Gasteiger partial charge on any atom is 0.325 e. The van der Waals surface area contributed by atoms with Crippen LogP contribution >= 0.6 is 0 Å². The van der Waals surface area contributed by atoms with Crippen LogP contribution < -0.4 is 5.73 Å². The van der Waals surface area contributed by atoms with Gasteiger partial charge in [0.05, 0.1) is 12.2 Å². The molecule has 0 radical (unpaired) electrons. The van der Waals surface area contributed by atoms with E-state index in [1.54, 1.807) is 32.3 Å². The van der Waals surface area contributed by atoms with Crippen LogP contribution in [0.15, 0.2) is 24.4 Å². The molecule has 1 amide bonds. The zero-order valence-electron chi connectivity index (χ0n) is 11.5. The molecule has 2 rings (SSSR count). The number of nitrogens with two attached hydrogens (primary N) is 1. The summed E-state index contributed by atoms with van der Waals surface area (Å²) in [6, 6.07) is 5.31. The molecule has 0 spiro atoms. The molecule has 0 saturated heterocycles. The molecule has 0 aliphatic carbocycles. The number of likely N-dealkylation sites (N-methyl/N-ethyl adjacent to an activating group) is 1. The minimum Gasteiger partial charge on any atom is -0.465 e. The van der Waals surface area contributed by atoms with Crippen LogP contribution in [0.2, 0.25) is 0 Å². The first-order valence-corrected chi connectivity index (χ1v) is 6.30. The monoisotopic (exact) mass is 275 g/mol. The largest absolute Gasteiger partial charge is 0.465 e. The van der Waals surface area contributed by atoms with E-state index in [9.17, 15) is 9.59 Å². The van der Waals surface area contributed by atoms with Gasteiger partial charge in [0.25, 0.3) is 5.91 Å². The molecular weight excluding hydrogens is 258 g/mol. The van der Waals surface area contributed by atoms with E-state index in [-0.39, 0.29) is 12.5 Å². The summed E-state index contributed by atoms with van der Waals surface area (Å²) < 4.78 is 4.83. The van der Waals surface area contributed by atoms with Gasteiger partial charge in [-0.25, -0.2) is 0 Å². The van der Waals surface area contributed by atoms with Gasteiger partial charge in [-0.15, -0.1) is 0 Å². The number of fused-ring (bicyclic) bond motifs is 1. The molecular formula is C14H17N3O3. The lowest BCUT2D eigenvalue weighted by atomic mass is 10.1. The van der Waals surface area contributed by atoms with Gasteiger partial charge in [-0.1, -0.05) is 0 Å². The lowest BCUT2D eigenvalue weighted by Crippen LogP contribution is -2.32. The second-order valence-corrected chi connectivity index (χ2v) is 4.47. The van der Waals surface area contributed by atoms with Crippen molar-refractivity contribution >= 4 is 28.5 Å². The minimum atomic E-state index is -0.428. The summed E-state index contributed by atoms with van der Waals surface area (Å²) in [6.45, 7) is 1.94. The van der Waals surface area contributed by atoms with Crippen molar-refractivity contribution in [1.82, 2.24) is 9.88 Å². The Labute approximate surface area is 116 Å². The van der Waals surface area contributed by atoms with E-state index in [0.717, 1.165) is 10.9 Å². The molecule has 0 bridgehead atoms. The average molecular weight is 275 g/mol. The van der Waals surface area contributed by atoms with Gasteiger partial charge in [-0.3, -0.25) is 9.59 Å². The van der Waals surface area contributed by atoms with Gasteiger partial charge in [0, 0.05) is 29.8 Å². The Hall–Kier alpha value is -2.50. The number of nitrogen functional groups attached to an aromatic ring is 1. The third-order valence-corrected chi connectivity index (χ3v) is 2.95. The summed E-state index contributed by atoms with van der Waals surface area (Å²) in [6.07, 6.45) is 1.62. The van der Waals surface area contributed by atoms with Gasteiger partial charge < -0.3 is 20.4 Å². The first-order chi connectivity index (χ1) is 9.52. The number of hydrogen-bond donors (Lipinski definition) is 2. The van der Waals surface area contributed by atoms with Gasteiger partial charge in [0.15, 0.2) is 0 Å². The molecule has 106 valence electrons. The molecule has 0 atom stereocenters. The minimum absolute atomic E-state index is 0.0817. The molecule has 6 nitrogen and oxygen atoms in total. The summed E-state index contributed by atoms with van der Waals surface area (Å²) in [7, 11) is 1.56. The summed E-state index contributed by atoms with van der Waals surface area (Å²) in [5, 5.41) is 0.741. The van der Waals surface area contributed by atoms with Gasteiger partial charge in [-0.2, -0.15) is 0 Å². The number of rotatable bonds is 4. The van der Waals surface area contributed by atoms with Gasteiger partial charge in [0.2, 0.25) is 0 Å². The van der Waals surface area contributed by atoms with Crippen LogP contribution in [0.25, 0.3) is 10.9 Å². The molecule has 6 heteroatoms. The molecule has 20 heavy (non-hydrogen) atoms. The number of amides is 1. The standard InChI is InChI=1S/C14H17N3O3/c1-3-20-13(18)8-17(2)14(19)11-7-16-12-5-4-9(15)6-10(11)12/h4-7,16H,3,8,15H2,1-2H3. The SMILES string of the molecule is CCOC(=O)CN(C)C(=O)c1c[nH]c2ccc(N)cc12. The molecule has 0 unspecified atom stereocenters. The van der Waals surface area contributed by atoms with Crippen LogP contribution in [0.1, 0.15) is 17.3 Å². The third kappa shape index (κ3) is 2.74. The van der Waals surface area contributed by atoms with Crippen molar-refractivity contribution in [1.29, 1.82) is 0 Å². The predicted octanol–water partition coefficient (Wildman–Crippen LogP) is 1.39. The molecule has 0 fully saturated rings. The number of aromatic amines is 1. The Morgan fingerprint density at radius 3 is 2.85 bits per heavy atom. The van der Waals surface area contributed by atoms with Crippen molar-refractivity contribution in [3.05, 3.63) is 30.0 Å². The average Bonchev–Trinajstić information content (AvgIpc) is 2.80. The van der Waals surface area contributed by atoms with Gasteiger partial charge in [-0.05, 0) is 25.1 Å². The number of ether oxygens (including phenoxy) is 1. The number of nitrogens with zero attached hydrogens (tertiary/aromatic N) is 1. The highest BCUT2D eigenvalue weighted by molar-refractivity contribution is 6.07. The van der Waals surface area contributed by atoms with Gasteiger partial charge >= 0.3 is 5.97 Å². The first kappa shape index (κ1) is 13.9. The molecule has 1 heterocycles. The van der Waals surface area contributed by atoms with E-state index in [0.29, 0.717) is 17.9 Å². The quantitative estimate of drug-likeness (QED) is 0.652. The fraction of sp³-hybridized carbons (Fsp3) is 0.286. The fourth-order valence-corrected chi connectivity index (χ4v) is 1.99. The number of carbonyl (C=O) groups excluding carboxylic acids is 2. The lowest BCUT2D eigenvalue weighted by Gasteiger charge is -2.15. The van der Waals surface area contributed by atoms with Crippen LogP contribution in [0, 0.1) is 0 Å². The van der Waals surface area contributed by atoms with Crippen LogP contribution in [0.4, 0.5) is 5.69 Å². The van der Waals surface area contributed by atoms with E-state index in [1.807, 2.05) is 6.07 Å². The number of aromatic nitrogens is 1. The summed E-state index contributed by atoms with van der Waals surface area (Å²) in [5.41, 5.74) is 7.63. The molecule has 1 aromatic carbocycles. The summed E-state index contributed by atoms with van der Waals surface area (Å²) in [5.74, 6) is -0.683. The fourth-order valence-electron chi connectivity index (χ4n) is 1.99. The Bertz CT molecular complexity index is 648. The molecule has 0 aliphatic rings. The zero-order valence-corrected chi connectivity index (χ0v) is 11.5. The molecule has 0 aliphatic heterocycles. The maximum absolute atomic E-state index is 12.3. The summed E-state index contributed by atoms with van der Waals surface area (Å²) in [4.78, 5) is 28.1. The van der Waals surface area contributed by atoms with Crippen LogP contribution in [-0.2, 0) is 9.53 Å². The molecule has 0 saturated carbocycles. The second-order valence-electron chi connectivity index (χ2n) is 4.47. The molecule has 3 N–H and O–H groups in total. The Kier molecular flexibility index (Phi) is 3.93. The predicted molar refractivity (Wildman–Crippen MR) is 76.3 cm³/mol. The highest BCUT2D eigenvalue weighted by Gasteiger charge is 2.18. The number of benzene rings is 1. The van der Waals surface area contributed by atoms with Crippen molar-refractivity contribution in [2.45, 2.75) is 6.92 Å². The number of carbonyl (C=O) groups is 2. The van der Waals surface area contributed by atoms with Crippen molar-refractivity contribution in [2.75, 3.05) is 25.9 Å². The normalized spacial score (nSPS) is 10.5. The highest BCUT2D eigenvalue weighted by Crippen LogP contribution is 2.21. The Morgan fingerprint density at radius 2 is 2.15 bits per heavy atom. The smallest absolute Gasteiger partial charge is 0.325 e. The van der Waals surface area contributed by atoms with Crippen LogP contribution in [0.3, 0.4) is 0 Å². The Balaban J connectivity index is 2.22. The Morgan fingerprint density at radius 1 is 1.40 bits per heavy atom. The number of anilines is 1. The van der Waals surface area contributed by atoms with E-state index < -0.39 is 5.97 Å². The first-order valence-electron chi connectivity index (χ1n) is 6.30. The van der Waals surface area contributed by atoms with Crippen LogP contribution in [0.5, 0.6) is 0 Å². The van der Waals surface area contributed by atoms with E-state index >= 15 is 0 Å². The van der Waals surface area contributed by atoms with Gasteiger partial charge in [0.1, 0.15) is 6.54 Å². The second kappa shape index (κ2) is 5.64. The molecule has 1 aromatic heterocycles. The third-order valence-electron chi connectivity index (χ3n) is 2.95. The maximum atomic E-state index is 12.3. The van der Waals surface area contributed by atoms with E-state index in [2.05, 4.69) is 4.98 Å². The number of H-pyrrole nitrogens is 1. The van der Waals surface area contributed by atoms with Crippen molar-refractivity contribution < 1.29 is 14.3 Å².